The van der Waals surface area contributed by atoms with E-state index in [-0.39, 0.29) is 41.5 Å². The molecule has 7 heteroatoms. The Morgan fingerprint density at radius 3 is 2.29 bits per heavy atom. The van der Waals surface area contributed by atoms with Gasteiger partial charge in [0.05, 0.1) is 11.8 Å². The quantitative estimate of drug-likeness (QED) is 0.622. The van der Waals surface area contributed by atoms with Gasteiger partial charge in [-0.3, -0.25) is 19.3 Å². The summed E-state index contributed by atoms with van der Waals surface area (Å²) in [7, 11) is 0. The first-order valence-corrected chi connectivity index (χ1v) is 10.7. The summed E-state index contributed by atoms with van der Waals surface area (Å²) in [5, 5.41) is 3.24. The molecular formula is C21H24ClN3O3. The van der Waals surface area contributed by atoms with E-state index in [1.165, 1.54) is 0 Å². The van der Waals surface area contributed by atoms with Gasteiger partial charge in [-0.25, -0.2) is 4.98 Å². The van der Waals surface area contributed by atoms with Gasteiger partial charge < -0.3 is 5.32 Å². The second-order valence-electron chi connectivity index (χ2n) is 8.79. The highest BCUT2D eigenvalue weighted by atomic mass is 35.5. The van der Waals surface area contributed by atoms with Gasteiger partial charge in [0.15, 0.2) is 0 Å². The minimum atomic E-state index is -0.105. The van der Waals surface area contributed by atoms with Gasteiger partial charge in [-0.1, -0.05) is 11.6 Å². The standard InChI is InChI=1S/C21H24ClN3O3/c22-16-10-14(7-8-23-16)24-19(26)11-3-5-15(6-4-11)25-20(27)17-12-1-2-13(9-12)18(17)21(25)28/h7-8,10-13,15,17-18H,1-6,9H2,(H,23,24,26)/t11?,12-,13+,15?,17-,18+. The van der Waals surface area contributed by atoms with Crippen molar-refractivity contribution in [1.82, 2.24) is 9.88 Å². The average Bonchev–Trinajstić information content (AvgIpc) is 3.36. The Bertz CT molecular complexity index is 808. The molecule has 3 aliphatic carbocycles. The molecule has 3 amide bonds. The molecule has 2 bridgehead atoms. The molecule has 0 unspecified atom stereocenters. The number of likely N-dealkylation sites (tertiary alicyclic amines) is 1. The minimum Gasteiger partial charge on any atom is -0.326 e. The maximum Gasteiger partial charge on any atom is 0.233 e. The molecule has 4 fully saturated rings. The first-order chi connectivity index (χ1) is 13.5. The normalized spacial score (nSPS) is 36.7. The molecule has 4 aliphatic rings. The van der Waals surface area contributed by atoms with Crippen LogP contribution >= 0.6 is 11.6 Å². The van der Waals surface area contributed by atoms with Gasteiger partial charge >= 0.3 is 0 Å². The van der Waals surface area contributed by atoms with Gasteiger partial charge in [0.2, 0.25) is 17.7 Å². The highest BCUT2D eigenvalue weighted by molar-refractivity contribution is 6.29. The van der Waals surface area contributed by atoms with E-state index in [0.29, 0.717) is 48.4 Å². The van der Waals surface area contributed by atoms with Crippen LogP contribution in [-0.4, -0.2) is 33.6 Å². The Labute approximate surface area is 169 Å². The maximum absolute atomic E-state index is 13.0. The van der Waals surface area contributed by atoms with E-state index in [1.54, 1.807) is 23.2 Å². The van der Waals surface area contributed by atoms with Gasteiger partial charge in [-0.2, -0.15) is 0 Å². The third-order valence-electron chi connectivity index (χ3n) is 7.39. The van der Waals surface area contributed by atoms with Crippen LogP contribution in [0.3, 0.4) is 0 Å². The van der Waals surface area contributed by atoms with Crippen LogP contribution in [0.1, 0.15) is 44.9 Å². The number of hydrogen-bond acceptors (Lipinski definition) is 4. The maximum atomic E-state index is 13.0. The van der Waals surface area contributed by atoms with E-state index < -0.39 is 0 Å². The molecule has 2 heterocycles. The number of amides is 3. The zero-order chi connectivity index (χ0) is 19.4. The number of pyridine rings is 1. The highest BCUT2D eigenvalue weighted by Gasteiger charge is 2.61. The van der Waals surface area contributed by atoms with Crippen molar-refractivity contribution in [3.8, 4) is 0 Å². The molecule has 1 aliphatic heterocycles. The molecule has 1 aromatic heterocycles. The number of imide groups is 1. The second-order valence-corrected chi connectivity index (χ2v) is 9.18. The molecule has 3 saturated carbocycles. The second kappa shape index (κ2) is 6.83. The molecular weight excluding hydrogens is 378 g/mol. The van der Waals surface area contributed by atoms with E-state index >= 15 is 0 Å². The molecule has 0 radical (unpaired) electrons. The van der Waals surface area contributed by atoms with Crippen molar-refractivity contribution in [1.29, 1.82) is 0 Å². The number of hydrogen-bond donors (Lipinski definition) is 1. The average molecular weight is 402 g/mol. The molecule has 6 nitrogen and oxygen atoms in total. The predicted octanol–water partition coefficient (Wildman–Crippen LogP) is 3.26. The van der Waals surface area contributed by atoms with Crippen molar-refractivity contribution in [3.05, 3.63) is 23.5 Å². The predicted molar refractivity (Wildman–Crippen MR) is 103 cm³/mol. The molecule has 1 saturated heterocycles. The third-order valence-corrected chi connectivity index (χ3v) is 7.59. The number of carbonyl (C=O) groups excluding carboxylic acids is 3. The Hall–Kier alpha value is -1.95. The molecule has 28 heavy (non-hydrogen) atoms. The summed E-state index contributed by atoms with van der Waals surface area (Å²) >= 11 is 5.87. The number of nitrogens with one attached hydrogen (secondary N) is 1. The first-order valence-electron chi connectivity index (χ1n) is 10.3. The van der Waals surface area contributed by atoms with Crippen LogP contribution in [0.25, 0.3) is 0 Å². The van der Waals surface area contributed by atoms with E-state index in [1.807, 2.05) is 0 Å². The molecule has 1 N–H and O–H groups in total. The SMILES string of the molecule is O=C(Nc1ccnc(Cl)c1)C1CCC(N2C(=O)[C@@H]3[C@@H]4CC[C@@H](C4)[C@@H]3C2=O)CC1. The molecule has 4 atom stereocenters. The van der Waals surface area contributed by atoms with Crippen LogP contribution in [0.4, 0.5) is 5.69 Å². The lowest BCUT2D eigenvalue weighted by molar-refractivity contribution is -0.144. The summed E-state index contributed by atoms with van der Waals surface area (Å²) in [5.41, 5.74) is 0.639. The minimum absolute atomic E-state index is 0.0327. The van der Waals surface area contributed by atoms with Crippen LogP contribution in [0, 0.1) is 29.6 Å². The van der Waals surface area contributed by atoms with Crippen LogP contribution < -0.4 is 5.32 Å². The number of nitrogens with zero attached hydrogens (tertiary/aromatic N) is 2. The largest absolute Gasteiger partial charge is 0.326 e. The van der Waals surface area contributed by atoms with Crippen LogP contribution in [-0.2, 0) is 14.4 Å². The zero-order valence-corrected chi connectivity index (χ0v) is 16.4. The van der Waals surface area contributed by atoms with Crippen molar-refractivity contribution in [2.75, 3.05) is 5.32 Å². The van der Waals surface area contributed by atoms with Crippen molar-refractivity contribution in [2.24, 2.45) is 29.6 Å². The Morgan fingerprint density at radius 2 is 1.68 bits per heavy atom. The fraction of sp³-hybridized carbons (Fsp3) is 0.619. The lowest BCUT2D eigenvalue weighted by Crippen LogP contribution is -2.44. The lowest BCUT2D eigenvalue weighted by Gasteiger charge is -2.33. The van der Waals surface area contributed by atoms with Gasteiger partial charge in [0.1, 0.15) is 5.15 Å². The topological polar surface area (TPSA) is 79.4 Å². The van der Waals surface area contributed by atoms with Crippen molar-refractivity contribution in [2.45, 2.75) is 51.0 Å². The van der Waals surface area contributed by atoms with Gasteiger partial charge in [-0.05, 0) is 68.9 Å². The number of aromatic nitrogens is 1. The molecule has 148 valence electrons. The fourth-order valence-electron chi connectivity index (χ4n) is 6.11. The summed E-state index contributed by atoms with van der Waals surface area (Å²) in [6.07, 6.45) is 7.62. The first kappa shape index (κ1) is 18.1. The number of rotatable bonds is 3. The van der Waals surface area contributed by atoms with Crippen LogP contribution in [0.2, 0.25) is 5.15 Å². The summed E-state index contributed by atoms with van der Waals surface area (Å²) in [6.45, 7) is 0. The van der Waals surface area contributed by atoms with Crippen LogP contribution in [0.15, 0.2) is 18.3 Å². The van der Waals surface area contributed by atoms with Crippen molar-refractivity contribution in [3.63, 3.8) is 0 Å². The summed E-state index contributed by atoms with van der Waals surface area (Å²) < 4.78 is 0. The summed E-state index contributed by atoms with van der Waals surface area (Å²) in [6, 6.07) is 3.30. The van der Waals surface area contributed by atoms with Crippen molar-refractivity contribution >= 4 is 35.0 Å². The Kier molecular flexibility index (Phi) is 4.42. The zero-order valence-electron chi connectivity index (χ0n) is 15.6. The number of fused-ring (bicyclic) bond motifs is 5. The Balaban J connectivity index is 1.21. The summed E-state index contributed by atoms with van der Waals surface area (Å²) in [5.74, 6) is 0.744. The monoisotopic (exact) mass is 401 g/mol. The van der Waals surface area contributed by atoms with Crippen LogP contribution in [0.5, 0.6) is 0 Å². The molecule has 0 aromatic carbocycles. The number of carbonyl (C=O) groups is 3. The Morgan fingerprint density at radius 1 is 1.04 bits per heavy atom. The van der Waals surface area contributed by atoms with E-state index in [9.17, 15) is 14.4 Å². The van der Waals surface area contributed by atoms with Gasteiger partial charge in [-0.15, -0.1) is 0 Å². The van der Waals surface area contributed by atoms with E-state index in [2.05, 4.69) is 10.3 Å². The van der Waals surface area contributed by atoms with E-state index in [4.69, 9.17) is 11.6 Å². The number of anilines is 1. The number of halogens is 1. The fourth-order valence-corrected chi connectivity index (χ4v) is 6.29. The lowest BCUT2D eigenvalue weighted by atomic mass is 9.81. The molecule has 1 aromatic rings. The third kappa shape index (κ3) is 2.84. The summed E-state index contributed by atoms with van der Waals surface area (Å²) in [4.78, 5) is 44.0. The van der Waals surface area contributed by atoms with E-state index in [0.717, 1.165) is 19.3 Å². The smallest absolute Gasteiger partial charge is 0.233 e. The highest BCUT2D eigenvalue weighted by Crippen LogP contribution is 2.56. The van der Waals surface area contributed by atoms with Gasteiger partial charge in [0, 0.05) is 23.8 Å². The molecule has 0 spiro atoms. The molecule has 5 rings (SSSR count). The van der Waals surface area contributed by atoms with Gasteiger partial charge in [0.25, 0.3) is 0 Å². The van der Waals surface area contributed by atoms with Crippen molar-refractivity contribution < 1.29 is 14.4 Å².